The number of hydrogen-bond donors (Lipinski definition) is 1. The van der Waals surface area contributed by atoms with E-state index in [9.17, 15) is 31.1 Å². The number of carbonyl (C=O) groups is 1. The first-order chi connectivity index (χ1) is 13.0. The van der Waals surface area contributed by atoms with Crippen LogP contribution in [0.2, 0.25) is 0 Å². The van der Waals surface area contributed by atoms with Crippen molar-refractivity contribution in [1.29, 1.82) is 0 Å². The molecule has 2 aliphatic heterocycles. The maximum absolute atomic E-state index is 11.9. The number of amides is 1. The van der Waals surface area contributed by atoms with Gasteiger partial charge in [0.05, 0.1) is 19.2 Å². The first kappa shape index (κ1) is 25.3. The van der Waals surface area contributed by atoms with E-state index in [-0.39, 0.29) is 32.1 Å². The first-order valence-electron chi connectivity index (χ1n) is 8.17. The summed E-state index contributed by atoms with van der Waals surface area (Å²) < 4.78 is 81.8. The smallest absolute Gasteiger partial charge is 0.445 e. The van der Waals surface area contributed by atoms with Gasteiger partial charge in [-0.15, -0.1) is 38.7 Å². The molecule has 13 heteroatoms. The molecule has 0 aliphatic carbocycles. The molecular formula is C16H19ClF6N2O4. The van der Waals surface area contributed by atoms with Gasteiger partial charge in [-0.05, 0) is 5.56 Å². The van der Waals surface area contributed by atoms with Gasteiger partial charge in [0.15, 0.2) is 0 Å². The van der Waals surface area contributed by atoms with Crippen molar-refractivity contribution in [2.75, 3.05) is 26.2 Å². The highest BCUT2D eigenvalue weighted by molar-refractivity contribution is 5.85. The molecule has 6 nitrogen and oxygen atoms in total. The van der Waals surface area contributed by atoms with Gasteiger partial charge in [0.1, 0.15) is 12.7 Å². The number of halogens is 7. The Morgan fingerprint density at radius 2 is 1.48 bits per heavy atom. The fourth-order valence-corrected chi connectivity index (χ4v) is 2.20. The van der Waals surface area contributed by atoms with E-state index >= 15 is 0 Å². The highest BCUT2D eigenvalue weighted by Crippen LogP contribution is 2.24. The molecule has 2 saturated heterocycles. The number of hydrogen-bond acceptors (Lipinski definition) is 5. The zero-order valence-electron chi connectivity index (χ0n) is 14.8. The number of likely N-dealkylation sites (tertiary alicyclic amines) is 1. The summed E-state index contributed by atoms with van der Waals surface area (Å²) in [5.74, 6) is 0. The minimum Gasteiger partial charge on any atom is -0.445 e. The van der Waals surface area contributed by atoms with Crippen LogP contribution in [0.5, 0.6) is 0 Å². The van der Waals surface area contributed by atoms with Gasteiger partial charge in [-0.25, -0.2) is 4.79 Å². The van der Waals surface area contributed by atoms with E-state index in [1.54, 1.807) is 24.3 Å². The Balaban J connectivity index is 0.000000355. The number of nitrogens with one attached hydrogen (secondary N) is 1. The Hall–Kier alpha value is -1.76. The van der Waals surface area contributed by atoms with Gasteiger partial charge in [-0.2, -0.15) is 0 Å². The third kappa shape index (κ3) is 10.0. The van der Waals surface area contributed by atoms with Crippen LogP contribution in [-0.4, -0.2) is 62.1 Å². The maximum Gasteiger partial charge on any atom is 0.522 e. The lowest BCUT2D eigenvalue weighted by atomic mass is 10.2. The summed E-state index contributed by atoms with van der Waals surface area (Å²) in [5.41, 5.74) is 0.819. The summed E-state index contributed by atoms with van der Waals surface area (Å²) >= 11 is 0. The van der Waals surface area contributed by atoms with Crippen LogP contribution < -0.4 is 5.32 Å². The molecule has 1 amide bonds. The van der Waals surface area contributed by atoms with Crippen molar-refractivity contribution in [1.82, 2.24) is 10.2 Å². The Labute approximate surface area is 168 Å². The van der Waals surface area contributed by atoms with E-state index in [0.717, 1.165) is 5.56 Å². The van der Waals surface area contributed by atoms with Crippen LogP contribution in [0.1, 0.15) is 5.56 Å². The standard InChI is InChI=1S/C12H12F3NO3.C4H6F3NO.ClH/c13-12(14,15)19-10-6-16(7-10)11(17)18-8-9-4-2-1-3-5-9;5-4(6,7)9-3-1-8-2-3;/h1-5,10H,6-8H2;3,8H,1-2H2;1H. The molecule has 3 rings (SSSR count). The predicted octanol–water partition coefficient (Wildman–Crippen LogP) is 3.46. The second-order valence-corrected chi connectivity index (χ2v) is 5.97. The third-order valence-electron chi connectivity index (χ3n) is 3.66. The lowest BCUT2D eigenvalue weighted by molar-refractivity contribution is -0.353. The quantitative estimate of drug-likeness (QED) is 0.709. The molecule has 2 heterocycles. The molecule has 0 spiro atoms. The van der Waals surface area contributed by atoms with E-state index in [0.29, 0.717) is 13.1 Å². The average Bonchev–Trinajstić information content (AvgIpc) is 2.52. The van der Waals surface area contributed by atoms with Crippen molar-refractivity contribution in [2.24, 2.45) is 0 Å². The fraction of sp³-hybridized carbons (Fsp3) is 0.562. The molecule has 0 radical (unpaired) electrons. The van der Waals surface area contributed by atoms with Crippen molar-refractivity contribution in [3.05, 3.63) is 35.9 Å². The van der Waals surface area contributed by atoms with Crippen LogP contribution in [0.4, 0.5) is 31.1 Å². The number of ether oxygens (including phenoxy) is 3. The van der Waals surface area contributed by atoms with E-state index < -0.39 is 31.0 Å². The van der Waals surface area contributed by atoms with Crippen LogP contribution in [0, 0.1) is 0 Å². The lowest BCUT2D eigenvalue weighted by Crippen LogP contribution is -2.56. The van der Waals surface area contributed by atoms with Crippen molar-refractivity contribution in [2.45, 2.75) is 31.5 Å². The SMILES string of the molecule is Cl.FC(F)(F)OC1CNC1.O=C(OCc1ccccc1)N1CC(OC(F)(F)F)C1. The summed E-state index contributed by atoms with van der Waals surface area (Å²) in [7, 11) is 0. The summed E-state index contributed by atoms with van der Waals surface area (Å²) in [5, 5.41) is 2.66. The van der Waals surface area contributed by atoms with Gasteiger partial charge in [0.2, 0.25) is 0 Å². The van der Waals surface area contributed by atoms with E-state index in [1.165, 1.54) is 4.90 Å². The molecule has 29 heavy (non-hydrogen) atoms. The van der Waals surface area contributed by atoms with Gasteiger partial charge in [-0.1, -0.05) is 30.3 Å². The number of nitrogens with zero attached hydrogens (tertiary/aromatic N) is 1. The monoisotopic (exact) mass is 452 g/mol. The van der Waals surface area contributed by atoms with Gasteiger partial charge < -0.3 is 15.0 Å². The predicted molar refractivity (Wildman–Crippen MR) is 90.2 cm³/mol. The molecule has 1 aromatic carbocycles. The highest BCUT2D eigenvalue weighted by atomic mass is 35.5. The Kier molecular flexibility index (Phi) is 9.46. The Morgan fingerprint density at radius 1 is 0.966 bits per heavy atom. The van der Waals surface area contributed by atoms with Gasteiger partial charge in [0.25, 0.3) is 0 Å². The first-order valence-corrected chi connectivity index (χ1v) is 8.17. The highest BCUT2D eigenvalue weighted by Gasteiger charge is 2.41. The summed E-state index contributed by atoms with van der Waals surface area (Å²) in [6.45, 7) is 0.500. The summed E-state index contributed by atoms with van der Waals surface area (Å²) in [6, 6.07) is 9.03. The molecule has 2 aliphatic rings. The number of benzene rings is 1. The molecule has 0 bridgehead atoms. The molecule has 2 fully saturated rings. The second-order valence-electron chi connectivity index (χ2n) is 5.97. The largest absolute Gasteiger partial charge is 0.522 e. The van der Waals surface area contributed by atoms with Crippen molar-refractivity contribution < 1.29 is 45.3 Å². The minimum absolute atomic E-state index is 0. The third-order valence-corrected chi connectivity index (χ3v) is 3.66. The molecular weight excluding hydrogens is 434 g/mol. The van der Waals surface area contributed by atoms with Crippen LogP contribution in [-0.2, 0) is 20.8 Å². The molecule has 0 atom stereocenters. The lowest BCUT2D eigenvalue weighted by Gasteiger charge is -2.37. The minimum atomic E-state index is -4.66. The molecule has 0 saturated carbocycles. The van der Waals surface area contributed by atoms with Crippen LogP contribution in [0.25, 0.3) is 0 Å². The van der Waals surface area contributed by atoms with E-state index in [2.05, 4.69) is 14.8 Å². The number of alkyl halides is 6. The molecule has 1 aromatic rings. The summed E-state index contributed by atoms with van der Waals surface area (Å²) in [6.07, 6.45) is -11.4. The van der Waals surface area contributed by atoms with Crippen molar-refractivity contribution in [3.63, 3.8) is 0 Å². The van der Waals surface area contributed by atoms with Crippen LogP contribution in [0.3, 0.4) is 0 Å². The molecule has 0 aromatic heterocycles. The van der Waals surface area contributed by atoms with E-state index in [4.69, 9.17) is 4.74 Å². The van der Waals surface area contributed by atoms with Crippen molar-refractivity contribution >= 4 is 18.5 Å². The van der Waals surface area contributed by atoms with Crippen LogP contribution >= 0.6 is 12.4 Å². The summed E-state index contributed by atoms with van der Waals surface area (Å²) in [4.78, 5) is 12.6. The number of carbonyl (C=O) groups excluding carboxylic acids is 1. The van der Waals surface area contributed by atoms with Crippen LogP contribution in [0.15, 0.2) is 30.3 Å². The van der Waals surface area contributed by atoms with Gasteiger partial charge >= 0.3 is 18.8 Å². The molecule has 166 valence electrons. The molecule has 0 unspecified atom stereocenters. The Morgan fingerprint density at radius 3 is 1.90 bits per heavy atom. The molecule has 1 N–H and O–H groups in total. The topological polar surface area (TPSA) is 60.0 Å². The number of rotatable bonds is 4. The normalized spacial score (nSPS) is 17.2. The van der Waals surface area contributed by atoms with Gasteiger partial charge in [-0.3, -0.25) is 9.47 Å². The zero-order valence-corrected chi connectivity index (χ0v) is 15.6. The van der Waals surface area contributed by atoms with Crippen molar-refractivity contribution in [3.8, 4) is 0 Å². The fourth-order valence-electron chi connectivity index (χ4n) is 2.20. The zero-order chi connectivity index (χ0) is 20.8. The second kappa shape index (κ2) is 10.9. The Bertz CT molecular complexity index is 622. The van der Waals surface area contributed by atoms with E-state index in [1.807, 2.05) is 6.07 Å². The maximum atomic E-state index is 11.9. The van der Waals surface area contributed by atoms with Gasteiger partial charge in [0, 0.05) is 13.1 Å². The average molecular weight is 453 g/mol.